The molecule has 0 radical (unpaired) electrons. The average Bonchev–Trinajstić information content (AvgIpc) is 3.44. The van der Waals surface area contributed by atoms with Gasteiger partial charge in [0, 0.05) is 68.3 Å². The summed E-state index contributed by atoms with van der Waals surface area (Å²) in [7, 11) is 0. The molecule has 4 aromatic carbocycles. The molecule has 11 heteroatoms. The van der Waals surface area contributed by atoms with Crippen molar-refractivity contribution < 1.29 is 14.4 Å². The van der Waals surface area contributed by atoms with E-state index in [0.29, 0.717) is 29.4 Å². The maximum Gasteiger partial charge on any atom is 0.255 e. The number of carbonyl (C=O) groups excluding carboxylic acids is 3. The van der Waals surface area contributed by atoms with Gasteiger partial charge in [-0.05, 0) is 70.8 Å². The molecule has 0 saturated carbocycles. The Balaban J connectivity index is 1.07. The lowest BCUT2D eigenvalue weighted by Gasteiger charge is -2.29. The molecule has 1 unspecified atom stereocenters. The number of rotatable bonds is 9. The topological polar surface area (TPSA) is 132 Å². The van der Waals surface area contributed by atoms with Gasteiger partial charge in [0.2, 0.25) is 5.91 Å². The van der Waals surface area contributed by atoms with Gasteiger partial charge in [-0.15, -0.1) is 0 Å². The van der Waals surface area contributed by atoms with E-state index in [1.807, 2.05) is 54.6 Å². The number of hydrogen-bond donors (Lipinski definition) is 4. The van der Waals surface area contributed by atoms with Crippen LogP contribution in [0.4, 0.5) is 28.7 Å². The lowest BCUT2D eigenvalue weighted by molar-refractivity contribution is -0.120. The van der Waals surface area contributed by atoms with Gasteiger partial charge in [0.05, 0.1) is 0 Å². The van der Waals surface area contributed by atoms with E-state index < -0.39 is 6.04 Å². The highest BCUT2D eigenvalue weighted by Crippen LogP contribution is 2.35. The summed E-state index contributed by atoms with van der Waals surface area (Å²) in [5, 5.41) is 12.2. The van der Waals surface area contributed by atoms with Gasteiger partial charge >= 0.3 is 0 Å². The molecule has 3 amide bonds. The van der Waals surface area contributed by atoms with E-state index in [9.17, 15) is 14.4 Å². The third-order valence-corrected chi connectivity index (χ3v) is 8.69. The molecular formula is C38H36N8O3. The second-order valence-corrected chi connectivity index (χ2v) is 12.1. The van der Waals surface area contributed by atoms with Crippen molar-refractivity contribution in [3.8, 4) is 11.1 Å². The van der Waals surface area contributed by atoms with E-state index in [2.05, 4.69) is 66.5 Å². The molecule has 5 aromatic rings. The number of nitrogens with one attached hydrogen (secondary N) is 4. The quantitative estimate of drug-likeness (QED) is 0.162. The van der Waals surface area contributed by atoms with E-state index in [1.165, 1.54) is 18.9 Å². The Labute approximate surface area is 284 Å². The normalized spacial score (nSPS) is 14.6. The SMILES string of the molecule is CC(=O)Nc1cc(Nc2ccc(NC(=O)C(c3ccccc3)N3Cc4cc(-c5ccc(N6CCNCC6)cc5)ccc4C3=O)cc2)ncn1. The Bertz CT molecular complexity index is 1980. The molecule has 3 heterocycles. The van der Waals surface area contributed by atoms with Crippen LogP contribution in [0.5, 0.6) is 0 Å². The monoisotopic (exact) mass is 652 g/mol. The van der Waals surface area contributed by atoms with E-state index in [0.717, 1.165) is 54.1 Å². The second-order valence-electron chi connectivity index (χ2n) is 12.1. The predicted molar refractivity (Wildman–Crippen MR) is 191 cm³/mol. The molecule has 0 bridgehead atoms. The Morgan fingerprint density at radius 1 is 0.776 bits per heavy atom. The highest BCUT2D eigenvalue weighted by molar-refractivity contribution is 6.04. The third-order valence-electron chi connectivity index (χ3n) is 8.69. The molecule has 0 spiro atoms. The molecule has 2 aliphatic rings. The van der Waals surface area contributed by atoms with Gasteiger partial charge in [0.15, 0.2) is 0 Å². The van der Waals surface area contributed by atoms with Crippen molar-refractivity contribution in [2.75, 3.05) is 47.0 Å². The number of hydrogen-bond acceptors (Lipinski definition) is 8. The van der Waals surface area contributed by atoms with Crippen LogP contribution >= 0.6 is 0 Å². The second kappa shape index (κ2) is 14.0. The molecule has 7 rings (SSSR count). The van der Waals surface area contributed by atoms with Crippen molar-refractivity contribution in [2.45, 2.75) is 19.5 Å². The van der Waals surface area contributed by atoms with E-state index >= 15 is 0 Å². The van der Waals surface area contributed by atoms with Gasteiger partial charge < -0.3 is 31.1 Å². The van der Waals surface area contributed by atoms with Crippen molar-refractivity contribution in [1.82, 2.24) is 20.2 Å². The van der Waals surface area contributed by atoms with Crippen LogP contribution in [-0.2, 0) is 16.1 Å². The maximum absolute atomic E-state index is 14.0. The zero-order chi connectivity index (χ0) is 33.7. The van der Waals surface area contributed by atoms with Crippen molar-refractivity contribution in [3.63, 3.8) is 0 Å². The third kappa shape index (κ3) is 7.12. The summed E-state index contributed by atoms with van der Waals surface area (Å²) in [5.41, 5.74) is 6.85. The standard InChI is InChI=1S/C38H36N8O3/c1-25(47)42-34-22-35(41-24-40-34)43-30-10-12-31(13-11-30)44-37(48)36(27-5-3-2-4-6-27)46-23-29-21-28(9-16-33(29)38(46)49)26-7-14-32(15-8-26)45-19-17-39-18-20-45/h2-16,21-22,24,36,39H,17-20,23H2,1H3,(H,44,48)(H2,40,41,42,43,47). The molecular weight excluding hydrogens is 616 g/mol. The fourth-order valence-electron chi connectivity index (χ4n) is 6.30. The van der Waals surface area contributed by atoms with Crippen LogP contribution in [0.3, 0.4) is 0 Å². The molecule has 0 aliphatic carbocycles. The molecule has 1 fully saturated rings. The van der Waals surface area contributed by atoms with Crippen LogP contribution < -0.4 is 26.2 Å². The summed E-state index contributed by atoms with van der Waals surface area (Å²) >= 11 is 0. The minimum absolute atomic E-state index is 0.178. The minimum atomic E-state index is -0.839. The highest BCUT2D eigenvalue weighted by atomic mass is 16.2. The number of piperazine rings is 1. The fourth-order valence-corrected chi connectivity index (χ4v) is 6.30. The van der Waals surface area contributed by atoms with Crippen LogP contribution in [0.2, 0.25) is 0 Å². The minimum Gasteiger partial charge on any atom is -0.369 e. The van der Waals surface area contributed by atoms with Crippen LogP contribution in [0, 0.1) is 0 Å². The predicted octanol–water partition coefficient (Wildman–Crippen LogP) is 5.59. The van der Waals surface area contributed by atoms with E-state index in [-0.39, 0.29) is 17.7 Å². The van der Waals surface area contributed by atoms with Gasteiger partial charge in [0.1, 0.15) is 24.0 Å². The first-order valence-corrected chi connectivity index (χ1v) is 16.2. The van der Waals surface area contributed by atoms with E-state index in [1.54, 1.807) is 23.1 Å². The number of fused-ring (bicyclic) bond motifs is 1. The zero-order valence-electron chi connectivity index (χ0n) is 27.0. The van der Waals surface area contributed by atoms with Crippen molar-refractivity contribution in [2.24, 2.45) is 0 Å². The van der Waals surface area contributed by atoms with Crippen LogP contribution in [0.15, 0.2) is 109 Å². The number of anilines is 5. The molecule has 1 atom stereocenters. The highest BCUT2D eigenvalue weighted by Gasteiger charge is 2.37. The number of aromatic nitrogens is 2. The van der Waals surface area contributed by atoms with Crippen LogP contribution in [0.1, 0.15) is 34.5 Å². The lowest BCUT2D eigenvalue weighted by atomic mass is 10.00. The first kappa shape index (κ1) is 31.5. The molecule has 1 aromatic heterocycles. The van der Waals surface area contributed by atoms with Gasteiger partial charge in [-0.25, -0.2) is 9.97 Å². The average molecular weight is 653 g/mol. The smallest absolute Gasteiger partial charge is 0.255 e. The molecule has 11 nitrogen and oxygen atoms in total. The Hall–Kier alpha value is -6.07. The number of benzene rings is 4. The first-order chi connectivity index (χ1) is 23.9. The Morgan fingerprint density at radius 3 is 2.20 bits per heavy atom. The molecule has 1 saturated heterocycles. The van der Waals surface area contributed by atoms with E-state index in [4.69, 9.17) is 0 Å². The maximum atomic E-state index is 14.0. The summed E-state index contributed by atoms with van der Waals surface area (Å²) in [5.74, 6) is 0.169. The summed E-state index contributed by atoms with van der Waals surface area (Å²) in [4.78, 5) is 51.4. The van der Waals surface area contributed by atoms with Gasteiger partial charge in [-0.1, -0.05) is 48.5 Å². The molecule has 4 N–H and O–H groups in total. The largest absolute Gasteiger partial charge is 0.369 e. The fraction of sp³-hybridized carbons (Fsp3) is 0.184. The summed E-state index contributed by atoms with van der Waals surface area (Å²) < 4.78 is 0. The van der Waals surface area contributed by atoms with Crippen molar-refractivity contribution in [3.05, 3.63) is 126 Å². The summed E-state index contributed by atoms with van der Waals surface area (Å²) in [6.07, 6.45) is 1.36. The Kier molecular flexibility index (Phi) is 8.98. The Morgan fingerprint density at radius 2 is 1.47 bits per heavy atom. The number of nitrogens with zero attached hydrogens (tertiary/aromatic N) is 4. The first-order valence-electron chi connectivity index (χ1n) is 16.2. The zero-order valence-corrected chi connectivity index (χ0v) is 27.0. The van der Waals surface area contributed by atoms with Crippen molar-refractivity contribution >= 4 is 46.4 Å². The van der Waals surface area contributed by atoms with Crippen molar-refractivity contribution in [1.29, 1.82) is 0 Å². The number of amides is 3. The summed E-state index contributed by atoms with van der Waals surface area (Å²) in [6, 6.07) is 31.8. The van der Waals surface area contributed by atoms with Crippen LogP contribution in [0.25, 0.3) is 11.1 Å². The van der Waals surface area contributed by atoms with Gasteiger partial charge in [-0.3, -0.25) is 14.4 Å². The number of carbonyl (C=O) groups is 3. The molecule has 246 valence electrons. The lowest BCUT2D eigenvalue weighted by Crippen LogP contribution is -2.43. The van der Waals surface area contributed by atoms with Gasteiger partial charge in [-0.2, -0.15) is 0 Å². The molecule has 2 aliphatic heterocycles. The molecule has 49 heavy (non-hydrogen) atoms. The van der Waals surface area contributed by atoms with Gasteiger partial charge in [0.25, 0.3) is 11.8 Å². The summed E-state index contributed by atoms with van der Waals surface area (Å²) in [6.45, 7) is 5.67. The van der Waals surface area contributed by atoms with Crippen LogP contribution in [-0.4, -0.2) is 58.8 Å².